The normalized spacial score (nSPS) is 12.9. The minimum atomic E-state index is 0.163. The third-order valence-electron chi connectivity index (χ3n) is 1.59. The van der Waals surface area contributed by atoms with Gasteiger partial charge in [-0.1, -0.05) is 6.92 Å². The highest BCUT2D eigenvalue weighted by atomic mass is 15.2. The van der Waals surface area contributed by atoms with E-state index in [0.29, 0.717) is 0 Å². The summed E-state index contributed by atoms with van der Waals surface area (Å²) in [5.74, 6) is 5.31. The van der Waals surface area contributed by atoms with Crippen molar-refractivity contribution in [2.45, 2.75) is 19.4 Å². The molecule has 0 saturated heterocycles. The number of hydrogen-bond acceptors (Lipinski definition) is 4. The summed E-state index contributed by atoms with van der Waals surface area (Å²) in [6.45, 7) is 2.05. The van der Waals surface area contributed by atoms with Crippen LogP contribution in [0.4, 0.5) is 0 Å². The Bertz CT molecular complexity index is 195. The van der Waals surface area contributed by atoms with Crippen LogP contribution in [0.25, 0.3) is 0 Å². The molecule has 0 saturated carbocycles. The Morgan fingerprint density at radius 1 is 1.55 bits per heavy atom. The van der Waals surface area contributed by atoms with Gasteiger partial charge in [0.25, 0.3) is 0 Å². The molecule has 1 atom stereocenters. The highest BCUT2D eigenvalue weighted by molar-refractivity contribution is 5.08. The minimum Gasteiger partial charge on any atom is -0.271 e. The zero-order chi connectivity index (χ0) is 8.10. The van der Waals surface area contributed by atoms with Crippen molar-refractivity contribution in [1.82, 2.24) is 15.4 Å². The van der Waals surface area contributed by atoms with Crippen molar-refractivity contribution in [2.24, 2.45) is 5.84 Å². The number of nitrogens with one attached hydrogen (secondary N) is 1. The second-order valence-corrected chi connectivity index (χ2v) is 2.30. The summed E-state index contributed by atoms with van der Waals surface area (Å²) in [5, 5.41) is 0. The van der Waals surface area contributed by atoms with Gasteiger partial charge in [-0.2, -0.15) is 0 Å². The summed E-state index contributed by atoms with van der Waals surface area (Å²) in [6, 6.07) is 0.163. The Morgan fingerprint density at radius 3 is 2.64 bits per heavy atom. The maximum atomic E-state index is 5.31. The minimum absolute atomic E-state index is 0.163. The van der Waals surface area contributed by atoms with Crippen LogP contribution < -0.4 is 11.3 Å². The molecule has 3 N–H and O–H groups in total. The predicted octanol–water partition coefficient (Wildman–Crippen LogP) is 0.391. The van der Waals surface area contributed by atoms with Crippen molar-refractivity contribution in [3.05, 3.63) is 24.3 Å². The number of hydrogen-bond donors (Lipinski definition) is 2. The fourth-order valence-corrected chi connectivity index (χ4v) is 0.940. The predicted molar refractivity (Wildman–Crippen MR) is 42.4 cm³/mol. The van der Waals surface area contributed by atoms with E-state index < -0.39 is 0 Å². The van der Waals surface area contributed by atoms with E-state index >= 15 is 0 Å². The van der Waals surface area contributed by atoms with E-state index in [1.807, 2.05) is 0 Å². The molecular formula is C7H12N4. The van der Waals surface area contributed by atoms with Crippen LogP contribution in [-0.2, 0) is 0 Å². The van der Waals surface area contributed by atoms with Crippen molar-refractivity contribution in [1.29, 1.82) is 0 Å². The van der Waals surface area contributed by atoms with Gasteiger partial charge >= 0.3 is 0 Å². The van der Waals surface area contributed by atoms with E-state index in [9.17, 15) is 0 Å². The molecule has 0 aliphatic carbocycles. The first kappa shape index (κ1) is 8.10. The number of nitrogens with zero attached hydrogens (tertiary/aromatic N) is 2. The molecule has 1 rings (SSSR count). The van der Waals surface area contributed by atoms with Crippen LogP contribution in [0.1, 0.15) is 24.9 Å². The Labute approximate surface area is 65.8 Å². The third kappa shape index (κ3) is 1.96. The molecule has 0 bridgehead atoms. The van der Waals surface area contributed by atoms with E-state index in [1.165, 1.54) is 6.33 Å². The van der Waals surface area contributed by atoms with Gasteiger partial charge in [-0.3, -0.25) is 11.3 Å². The zero-order valence-electron chi connectivity index (χ0n) is 6.49. The lowest BCUT2D eigenvalue weighted by Gasteiger charge is -2.11. The van der Waals surface area contributed by atoms with Gasteiger partial charge < -0.3 is 0 Å². The Balaban J connectivity index is 2.74. The highest BCUT2D eigenvalue weighted by Crippen LogP contribution is 2.11. The number of aromatic nitrogens is 2. The third-order valence-corrected chi connectivity index (χ3v) is 1.59. The largest absolute Gasteiger partial charge is 0.271 e. The molecule has 1 unspecified atom stereocenters. The first-order valence-corrected chi connectivity index (χ1v) is 3.59. The Hall–Kier alpha value is -1.00. The molecule has 0 radical (unpaired) electrons. The van der Waals surface area contributed by atoms with Gasteiger partial charge in [0.1, 0.15) is 6.33 Å². The van der Waals surface area contributed by atoms with E-state index in [-0.39, 0.29) is 6.04 Å². The lowest BCUT2D eigenvalue weighted by atomic mass is 10.1. The monoisotopic (exact) mass is 152 g/mol. The van der Waals surface area contributed by atoms with Crippen molar-refractivity contribution >= 4 is 0 Å². The molecule has 0 aliphatic rings. The fourth-order valence-electron chi connectivity index (χ4n) is 0.940. The standard InChI is InChI=1S/C7H12N4/c1-2-7(11-8)6-3-9-5-10-4-6/h3-5,7,11H,2,8H2,1H3. The van der Waals surface area contributed by atoms with Crippen LogP contribution in [-0.4, -0.2) is 9.97 Å². The zero-order valence-corrected chi connectivity index (χ0v) is 6.49. The average molecular weight is 152 g/mol. The second-order valence-electron chi connectivity index (χ2n) is 2.30. The summed E-state index contributed by atoms with van der Waals surface area (Å²) in [4.78, 5) is 7.79. The van der Waals surface area contributed by atoms with Gasteiger partial charge in [-0.25, -0.2) is 9.97 Å². The molecule has 1 aromatic heterocycles. The van der Waals surface area contributed by atoms with Gasteiger partial charge in [0.2, 0.25) is 0 Å². The first-order chi connectivity index (χ1) is 5.38. The van der Waals surface area contributed by atoms with E-state index in [2.05, 4.69) is 22.3 Å². The Kier molecular flexibility index (Phi) is 2.95. The van der Waals surface area contributed by atoms with Gasteiger partial charge in [0.05, 0.1) is 0 Å². The molecule has 1 heterocycles. The lowest BCUT2D eigenvalue weighted by molar-refractivity contribution is 0.535. The smallest absolute Gasteiger partial charge is 0.115 e. The van der Waals surface area contributed by atoms with E-state index in [1.54, 1.807) is 12.4 Å². The molecular weight excluding hydrogens is 140 g/mol. The van der Waals surface area contributed by atoms with Crippen molar-refractivity contribution in [2.75, 3.05) is 0 Å². The van der Waals surface area contributed by atoms with Crippen LogP contribution in [0.5, 0.6) is 0 Å². The average Bonchev–Trinajstić information content (AvgIpc) is 2.09. The fraction of sp³-hybridized carbons (Fsp3) is 0.429. The molecule has 0 aliphatic heterocycles. The van der Waals surface area contributed by atoms with Crippen LogP contribution in [0.3, 0.4) is 0 Å². The topological polar surface area (TPSA) is 63.8 Å². The first-order valence-electron chi connectivity index (χ1n) is 3.59. The second kappa shape index (κ2) is 4.00. The molecule has 0 fully saturated rings. The summed E-state index contributed by atoms with van der Waals surface area (Å²) in [6.07, 6.45) is 5.97. The van der Waals surface area contributed by atoms with Crippen molar-refractivity contribution < 1.29 is 0 Å². The van der Waals surface area contributed by atoms with Crippen molar-refractivity contribution in [3.8, 4) is 0 Å². The van der Waals surface area contributed by atoms with Crippen LogP contribution >= 0.6 is 0 Å². The highest BCUT2D eigenvalue weighted by Gasteiger charge is 2.05. The summed E-state index contributed by atoms with van der Waals surface area (Å²) in [5.41, 5.74) is 3.71. The molecule has 0 amide bonds. The molecule has 4 nitrogen and oxygen atoms in total. The van der Waals surface area contributed by atoms with Crippen LogP contribution in [0.15, 0.2) is 18.7 Å². The summed E-state index contributed by atoms with van der Waals surface area (Å²) >= 11 is 0. The molecule has 0 aromatic carbocycles. The molecule has 0 spiro atoms. The number of nitrogens with two attached hydrogens (primary N) is 1. The quantitative estimate of drug-likeness (QED) is 0.486. The molecule has 11 heavy (non-hydrogen) atoms. The lowest BCUT2D eigenvalue weighted by Crippen LogP contribution is -2.27. The van der Waals surface area contributed by atoms with Gasteiger partial charge in [0.15, 0.2) is 0 Å². The van der Waals surface area contributed by atoms with Gasteiger partial charge in [-0.15, -0.1) is 0 Å². The van der Waals surface area contributed by atoms with E-state index in [4.69, 9.17) is 5.84 Å². The summed E-state index contributed by atoms with van der Waals surface area (Å²) < 4.78 is 0. The van der Waals surface area contributed by atoms with Gasteiger partial charge in [0, 0.05) is 24.0 Å². The van der Waals surface area contributed by atoms with Crippen LogP contribution in [0, 0.1) is 0 Å². The molecule has 1 aromatic rings. The maximum Gasteiger partial charge on any atom is 0.115 e. The summed E-state index contributed by atoms with van der Waals surface area (Å²) in [7, 11) is 0. The van der Waals surface area contributed by atoms with Gasteiger partial charge in [-0.05, 0) is 6.42 Å². The Morgan fingerprint density at radius 2 is 2.18 bits per heavy atom. The van der Waals surface area contributed by atoms with Crippen molar-refractivity contribution in [3.63, 3.8) is 0 Å². The van der Waals surface area contributed by atoms with E-state index in [0.717, 1.165) is 12.0 Å². The molecule has 60 valence electrons. The van der Waals surface area contributed by atoms with Crippen LogP contribution in [0.2, 0.25) is 0 Å². The maximum absolute atomic E-state index is 5.31. The number of rotatable bonds is 3. The SMILES string of the molecule is CCC(NN)c1cncnc1. The number of hydrazine groups is 1. The molecule has 4 heteroatoms.